The summed E-state index contributed by atoms with van der Waals surface area (Å²) >= 11 is 0. The first-order valence-electron chi connectivity index (χ1n) is 4.44. The third kappa shape index (κ3) is 2.45. The number of nitriles is 1. The van der Waals surface area contributed by atoms with Crippen LogP contribution in [0.4, 0.5) is 0 Å². The fraction of sp³-hybridized carbons (Fsp3) is 0.700. The van der Waals surface area contributed by atoms with Crippen LogP contribution in [0, 0.1) is 23.7 Å². The molecule has 1 heterocycles. The molecule has 3 heteroatoms. The van der Waals surface area contributed by atoms with Gasteiger partial charge in [-0.15, -0.1) is 6.42 Å². The Bertz CT molecular complexity index is 251. The molecule has 0 aromatic rings. The second kappa shape index (κ2) is 4.28. The minimum absolute atomic E-state index is 0.138. The number of ether oxygens (including phenoxy) is 1. The average molecular weight is 178 g/mol. The highest BCUT2D eigenvalue weighted by Gasteiger charge is 2.34. The average Bonchev–Trinajstić information content (AvgIpc) is 2.15. The molecular weight excluding hydrogens is 164 g/mol. The lowest BCUT2D eigenvalue weighted by Crippen LogP contribution is -2.50. The van der Waals surface area contributed by atoms with Gasteiger partial charge in [0.2, 0.25) is 0 Å². The Morgan fingerprint density at radius 2 is 2.54 bits per heavy atom. The quantitative estimate of drug-likeness (QED) is 0.632. The van der Waals surface area contributed by atoms with Crippen LogP contribution in [-0.2, 0) is 4.74 Å². The molecule has 2 unspecified atom stereocenters. The van der Waals surface area contributed by atoms with Crippen molar-refractivity contribution in [1.29, 1.82) is 5.26 Å². The van der Waals surface area contributed by atoms with Crippen LogP contribution in [0.25, 0.3) is 0 Å². The van der Waals surface area contributed by atoms with Crippen molar-refractivity contribution in [3.63, 3.8) is 0 Å². The summed E-state index contributed by atoms with van der Waals surface area (Å²) in [6, 6.07) is 2.30. The molecule has 0 spiro atoms. The second-order valence-electron chi connectivity index (χ2n) is 3.39. The van der Waals surface area contributed by atoms with Crippen LogP contribution in [0.1, 0.15) is 19.8 Å². The molecule has 1 aliphatic rings. The number of terminal acetylenes is 1. The van der Waals surface area contributed by atoms with Crippen LogP contribution in [0.2, 0.25) is 0 Å². The van der Waals surface area contributed by atoms with Gasteiger partial charge in [0.15, 0.2) is 0 Å². The Labute approximate surface area is 79.1 Å². The van der Waals surface area contributed by atoms with Crippen molar-refractivity contribution in [3.05, 3.63) is 0 Å². The zero-order valence-electron chi connectivity index (χ0n) is 7.84. The van der Waals surface area contributed by atoms with Crippen LogP contribution < -0.4 is 5.32 Å². The number of rotatable bonds is 2. The number of nitrogens with one attached hydrogen (secondary N) is 1. The maximum Gasteiger partial charge on any atom is 0.112 e. The second-order valence-corrected chi connectivity index (χ2v) is 3.39. The Balaban J connectivity index is 2.59. The van der Waals surface area contributed by atoms with Crippen molar-refractivity contribution >= 4 is 0 Å². The van der Waals surface area contributed by atoms with Gasteiger partial charge < -0.3 is 4.74 Å². The first kappa shape index (κ1) is 10.1. The molecule has 1 aliphatic heterocycles. The zero-order chi connectivity index (χ0) is 9.73. The van der Waals surface area contributed by atoms with Crippen LogP contribution in [-0.4, -0.2) is 24.8 Å². The van der Waals surface area contributed by atoms with E-state index < -0.39 is 5.54 Å². The van der Waals surface area contributed by atoms with Crippen molar-refractivity contribution in [2.45, 2.75) is 31.4 Å². The summed E-state index contributed by atoms with van der Waals surface area (Å²) in [6.07, 6.45) is 6.71. The number of hydrogen-bond acceptors (Lipinski definition) is 3. The molecule has 1 saturated heterocycles. The molecule has 2 atom stereocenters. The van der Waals surface area contributed by atoms with Crippen molar-refractivity contribution < 1.29 is 4.74 Å². The molecule has 0 aliphatic carbocycles. The van der Waals surface area contributed by atoms with E-state index in [1.165, 1.54) is 0 Å². The van der Waals surface area contributed by atoms with E-state index in [2.05, 4.69) is 17.3 Å². The molecule has 1 fully saturated rings. The van der Waals surface area contributed by atoms with Crippen LogP contribution >= 0.6 is 0 Å². The summed E-state index contributed by atoms with van der Waals surface area (Å²) in [4.78, 5) is 0. The maximum atomic E-state index is 9.05. The zero-order valence-corrected chi connectivity index (χ0v) is 7.84. The van der Waals surface area contributed by atoms with Gasteiger partial charge in [0.05, 0.1) is 18.7 Å². The van der Waals surface area contributed by atoms with Crippen LogP contribution in [0.15, 0.2) is 0 Å². The lowest BCUT2D eigenvalue weighted by molar-refractivity contribution is -0.00221. The molecule has 0 amide bonds. The fourth-order valence-corrected chi connectivity index (χ4v) is 1.61. The van der Waals surface area contributed by atoms with E-state index in [-0.39, 0.29) is 6.10 Å². The normalized spacial score (nSPS) is 33.3. The summed E-state index contributed by atoms with van der Waals surface area (Å²) in [5.74, 6) is 2.49. The fourth-order valence-electron chi connectivity index (χ4n) is 1.61. The Hall–Kier alpha value is -1.03. The van der Waals surface area contributed by atoms with E-state index in [0.29, 0.717) is 19.6 Å². The van der Waals surface area contributed by atoms with Gasteiger partial charge in [0.1, 0.15) is 5.54 Å². The van der Waals surface area contributed by atoms with Gasteiger partial charge in [-0.1, -0.05) is 5.92 Å². The van der Waals surface area contributed by atoms with E-state index in [9.17, 15) is 0 Å². The standard InChI is InChI=1S/C10H14N2O/c1-3-5-12-10(8-11)4-6-13-9(2)7-10/h1,9,12H,4-7H2,2H3. The Morgan fingerprint density at radius 3 is 3.08 bits per heavy atom. The van der Waals surface area contributed by atoms with E-state index in [1.807, 2.05) is 6.92 Å². The highest BCUT2D eigenvalue weighted by Crippen LogP contribution is 2.23. The van der Waals surface area contributed by atoms with Crippen LogP contribution in [0.3, 0.4) is 0 Å². The van der Waals surface area contributed by atoms with Gasteiger partial charge in [0.25, 0.3) is 0 Å². The van der Waals surface area contributed by atoms with E-state index in [0.717, 1.165) is 6.42 Å². The first-order chi connectivity index (χ1) is 6.22. The van der Waals surface area contributed by atoms with E-state index >= 15 is 0 Å². The molecular formula is C10H14N2O. The summed E-state index contributed by atoms with van der Waals surface area (Å²) in [6.45, 7) is 3.05. The van der Waals surface area contributed by atoms with Crippen molar-refractivity contribution in [3.8, 4) is 18.4 Å². The lowest BCUT2D eigenvalue weighted by atomic mass is 9.88. The summed E-state index contributed by atoms with van der Waals surface area (Å²) in [5, 5.41) is 12.1. The molecule has 0 radical (unpaired) electrons. The monoisotopic (exact) mass is 178 g/mol. The largest absolute Gasteiger partial charge is 0.378 e. The van der Waals surface area contributed by atoms with Gasteiger partial charge in [-0.2, -0.15) is 5.26 Å². The molecule has 1 N–H and O–H groups in total. The van der Waals surface area contributed by atoms with Gasteiger partial charge in [-0.25, -0.2) is 0 Å². The van der Waals surface area contributed by atoms with Gasteiger partial charge >= 0.3 is 0 Å². The molecule has 0 aromatic carbocycles. The molecule has 13 heavy (non-hydrogen) atoms. The summed E-state index contributed by atoms with van der Waals surface area (Å²) in [7, 11) is 0. The molecule has 3 nitrogen and oxygen atoms in total. The highest BCUT2D eigenvalue weighted by atomic mass is 16.5. The van der Waals surface area contributed by atoms with Gasteiger partial charge in [-0.3, -0.25) is 5.32 Å². The van der Waals surface area contributed by atoms with Gasteiger partial charge in [0, 0.05) is 19.4 Å². The van der Waals surface area contributed by atoms with Crippen molar-refractivity contribution in [1.82, 2.24) is 5.32 Å². The number of nitrogens with zero attached hydrogens (tertiary/aromatic N) is 1. The third-order valence-electron chi connectivity index (χ3n) is 2.31. The highest BCUT2D eigenvalue weighted by molar-refractivity contribution is 5.11. The maximum absolute atomic E-state index is 9.05. The van der Waals surface area contributed by atoms with Crippen LogP contribution in [0.5, 0.6) is 0 Å². The van der Waals surface area contributed by atoms with E-state index in [4.69, 9.17) is 16.4 Å². The molecule has 70 valence electrons. The summed E-state index contributed by atoms with van der Waals surface area (Å²) in [5.41, 5.74) is -0.468. The predicted molar refractivity (Wildman–Crippen MR) is 49.8 cm³/mol. The Morgan fingerprint density at radius 1 is 1.77 bits per heavy atom. The third-order valence-corrected chi connectivity index (χ3v) is 2.31. The molecule has 0 saturated carbocycles. The van der Waals surface area contributed by atoms with Crippen molar-refractivity contribution in [2.75, 3.05) is 13.2 Å². The van der Waals surface area contributed by atoms with Gasteiger partial charge in [-0.05, 0) is 6.92 Å². The molecule has 0 bridgehead atoms. The minimum atomic E-state index is -0.468. The predicted octanol–water partition coefficient (Wildman–Crippen LogP) is 0.670. The molecule has 0 aromatic heterocycles. The van der Waals surface area contributed by atoms with E-state index in [1.54, 1.807) is 0 Å². The van der Waals surface area contributed by atoms with Crippen molar-refractivity contribution in [2.24, 2.45) is 0 Å². The first-order valence-corrected chi connectivity index (χ1v) is 4.44. The SMILES string of the molecule is C#CCNC1(C#N)CCOC(C)C1. The smallest absolute Gasteiger partial charge is 0.112 e. The number of hydrogen-bond donors (Lipinski definition) is 1. The minimum Gasteiger partial charge on any atom is -0.378 e. The topological polar surface area (TPSA) is 45.0 Å². The molecule has 1 rings (SSSR count). The summed E-state index contributed by atoms with van der Waals surface area (Å²) < 4.78 is 5.37. The Kier molecular flexibility index (Phi) is 3.31. The lowest BCUT2D eigenvalue weighted by Gasteiger charge is -2.34.